The Morgan fingerprint density at radius 1 is 0.429 bits per heavy atom. The molecule has 0 saturated heterocycles. The first-order valence-electron chi connectivity index (χ1n) is 10.1. The van der Waals surface area contributed by atoms with E-state index in [-0.39, 0.29) is 0 Å². The molecule has 0 saturated carbocycles. The Morgan fingerprint density at radius 3 is 1.93 bits per heavy atom. The van der Waals surface area contributed by atoms with Crippen molar-refractivity contribution in [1.82, 2.24) is 0 Å². The van der Waals surface area contributed by atoms with Crippen molar-refractivity contribution in [2.75, 3.05) is 0 Å². The fourth-order valence-corrected chi connectivity index (χ4v) is 5.60. The predicted molar refractivity (Wildman–Crippen MR) is 118 cm³/mol. The number of fused-ring (bicyclic) bond motifs is 12. The summed E-state index contributed by atoms with van der Waals surface area (Å²) >= 11 is 0. The third-order valence-corrected chi connectivity index (χ3v) is 6.75. The second-order valence-corrected chi connectivity index (χ2v) is 8.08. The van der Waals surface area contributed by atoms with Gasteiger partial charge in [-0.05, 0) is 78.9 Å². The quantitative estimate of drug-likeness (QED) is 0.272. The standard InChI is InChI=1S/C28H18/c1-3-9-19-17(7-1)13-14-23-24(19)16-26-25-15-18-8-2-4-10-20(18)27(25)21-11-5-6-12-22(21)28(23)26/h1-14H,15-16H2. The van der Waals surface area contributed by atoms with E-state index in [9.17, 15) is 0 Å². The minimum Gasteiger partial charge on any atom is -0.0619 e. The third-order valence-electron chi connectivity index (χ3n) is 6.75. The first-order valence-corrected chi connectivity index (χ1v) is 10.1. The van der Waals surface area contributed by atoms with Crippen LogP contribution in [0.5, 0.6) is 0 Å². The van der Waals surface area contributed by atoms with Gasteiger partial charge in [-0.25, -0.2) is 0 Å². The predicted octanol–water partition coefficient (Wildman–Crippen LogP) is 7.14. The maximum atomic E-state index is 2.35. The van der Waals surface area contributed by atoms with Crippen LogP contribution >= 0.6 is 0 Å². The SMILES string of the molecule is c1ccc2c(c1)Cc1c3c(c4ccccc4c1-2)-c1ccc2ccccc2c1C3. The van der Waals surface area contributed by atoms with Gasteiger partial charge in [0.15, 0.2) is 0 Å². The Hall–Kier alpha value is -3.38. The molecule has 0 unspecified atom stereocenters. The van der Waals surface area contributed by atoms with E-state index in [0.717, 1.165) is 12.8 Å². The van der Waals surface area contributed by atoms with E-state index in [4.69, 9.17) is 0 Å². The monoisotopic (exact) mass is 354 g/mol. The lowest BCUT2D eigenvalue weighted by Crippen LogP contribution is -1.93. The average Bonchev–Trinajstić information content (AvgIpc) is 3.33. The van der Waals surface area contributed by atoms with E-state index in [2.05, 4.69) is 84.9 Å². The molecule has 5 aromatic carbocycles. The van der Waals surface area contributed by atoms with Gasteiger partial charge in [0.2, 0.25) is 0 Å². The second-order valence-electron chi connectivity index (χ2n) is 8.08. The van der Waals surface area contributed by atoms with Crippen LogP contribution in [0.2, 0.25) is 0 Å². The molecule has 0 heterocycles. The summed E-state index contributed by atoms with van der Waals surface area (Å²) < 4.78 is 0. The van der Waals surface area contributed by atoms with Gasteiger partial charge >= 0.3 is 0 Å². The molecule has 0 aromatic heterocycles. The molecule has 0 bridgehead atoms. The highest BCUT2D eigenvalue weighted by Gasteiger charge is 2.31. The van der Waals surface area contributed by atoms with Gasteiger partial charge in [-0.2, -0.15) is 0 Å². The van der Waals surface area contributed by atoms with Crippen LogP contribution in [-0.4, -0.2) is 0 Å². The van der Waals surface area contributed by atoms with Crippen molar-refractivity contribution in [3.8, 4) is 22.3 Å². The first-order chi connectivity index (χ1) is 13.9. The Morgan fingerprint density at radius 2 is 1.07 bits per heavy atom. The molecule has 2 aliphatic carbocycles. The van der Waals surface area contributed by atoms with Crippen LogP contribution in [0, 0.1) is 0 Å². The van der Waals surface area contributed by atoms with Gasteiger partial charge in [0, 0.05) is 0 Å². The summed E-state index contributed by atoms with van der Waals surface area (Å²) in [6.07, 6.45) is 2.11. The van der Waals surface area contributed by atoms with Crippen LogP contribution in [-0.2, 0) is 12.8 Å². The number of rotatable bonds is 0. The largest absolute Gasteiger partial charge is 0.0619 e. The van der Waals surface area contributed by atoms with E-state index in [0.29, 0.717) is 0 Å². The molecule has 0 amide bonds. The molecule has 0 aliphatic heterocycles. The fraction of sp³-hybridized carbons (Fsp3) is 0.0714. The van der Waals surface area contributed by atoms with Gasteiger partial charge < -0.3 is 0 Å². The van der Waals surface area contributed by atoms with Gasteiger partial charge in [0.25, 0.3) is 0 Å². The lowest BCUT2D eigenvalue weighted by molar-refractivity contribution is 1.17. The highest BCUT2D eigenvalue weighted by atomic mass is 14.3. The molecule has 0 heteroatoms. The molecule has 5 aromatic rings. The minimum atomic E-state index is 1.05. The zero-order valence-corrected chi connectivity index (χ0v) is 15.5. The van der Waals surface area contributed by atoms with E-state index in [1.54, 1.807) is 11.1 Å². The zero-order chi connectivity index (χ0) is 18.2. The molecule has 2 aliphatic rings. The molecule has 28 heavy (non-hydrogen) atoms. The molecule has 0 fully saturated rings. The second kappa shape index (κ2) is 5.11. The summed E-state index contributed by atoms with van der Waals surface area (Å²) in [5.74, 6) is 0. The van der Waals surface area contributed by atoms with Crippen molar-refractivity contribution in [1.29, 1.82) is 0 Å². The Labute approximate surface area is 164 Å². The molecule has 0 spiro atoms. The molecule has 0 atom stereocenters. The Balaban J connectivity index is 1.65. The fourth-order valence-electron chi connectivity index (χ4n) is 5.60. The third kappa shape index (κ3) is 1.71. The molecule has 0 nitrogen and oxygen atoms in total. The average molecular weight is 354 g/mol. The van der Waals surface area contributed by atoms with Crippen LogP contribution in [0.4, 0.5) is 0 Å². The number of benzene rings is 5. The molecular weight excluding hydrogens is 336 g/mol. The van der Waals surface area contributed by atoms with Crippen LogP contribution in [0.25, 0.3) is 43.8 Å². The summed E-state index contributed by atoms with van der Waals surface area (Å²) in [7, 11) is 0. The van der Waals surface area contributed by atoms with Crippen molar-refractivity contribution >= 4 is 21.5 Å². The maximum absolute atomic E-state index is 2.35. The maximum Gasteiger partial charge on any atom is -0.000398 e. The van der Waals surface area contributed by atoms with Crippen LogP contribution in [0.1, 0.15) is 22.3 Å². The van der Waals surface area contributed by atoms with Crippen LogP contribution in [0.3, 0.4) is 0 Å². The van der Waals surface area contributed by atoms with Crippen molar-refractivity contribution in [3.63, 3.8) is 0 Å². The smallest absolute Gasteiger partial charge is 0.000398 e. The van der Waals surface area contributed by atoms with E-state index < -0.39 is 0 Å². The molecule has 0 N–H and O–H groups in total. The van der Waals surface area contributed by atoms with Crippen molar-refractivity contribution in [3.05, 3.63) is 107 Å². The summed E-state index contributed by atoms with van der Waals surface area (Å²) in [6, 6.07) is 31.4. The minimum absolute atomic E-state index is 1.05. The molecule has 0 radical (unpaired) electrons. The van der Waals surface area contributed by atoms with Crippen molar-refractivity contribution in [2.24, 2.45) is 0 Å². The normalized spacial score (nSPS) is 13.4. The van der Waals surface area contributed by atoms with Crippen LogP contribution < -0.4 is 0 Å². The lowest BCUT2D eigenvalue weighted by atomic mass is 9.89. The summed E-state index contributed by atoms with van der Waals surface area (Å²) in [5, 5.41) is 5.56. The Kier molecular flexibility index (Phi) is 2.67. The summed E-state index contributed by atoms with van der Waals surface area (Å²) in [5.41, 5.74) is 11.9. The first kappa shape index (κ1) is 14.6. The molecule has 130 valence electrons. The van der Waals surface area contributed by atoms with E-state index in [1.807, 2.05) is 0 Å². The highest BCUT2D eigenvalue weighted by molar-refractivity contribution is 6.12. The topological polar surface area (TPSA) is 0 Å². The van der Waals surface area contributed by atoms with Gasteiger partial charge in [-0.3, -0.25) is 0 Å². The molecular formula is C28H18. The zero-order valence-electron chi connectivity index (χ0n) is 15.5. The molecule has 7 rings (SSSR count). The van der Waals surface area contributed by atoms with Gasteiger partial charge in [-0.15, -0.1) is 0 Å². The number of hydrogen-bond donors (Lipinski definition) is 0. The van der Waals surface area contributed by atoms with Crippen LogP contribution in [0.15, 0.2) is 84.9 Å². The van der Waals surface area contributed by atoms with E-state index in [1.165, 1.54) is 54.9 Å². The van der Waals surface area contributed by atoms with Gasteiger partial charge in [0.05, 0.1) is 0 Å². The Bertz CT molecular complexity index is 1450. The summed E-state index contributed by atoms with van der Waals surface area (Å²) in [6.45, 7) is 0. The van der Waals surface area contributed by atoms with Crippen molar-refractivity contribution < 1.29 is 0 Å². The lowest BCUT2D eigenvalue weighted by Gasteiger charge is -2.14. The van der Waals surface area contributed by atoms with Gasteiger partial charge in [-0.1, -0.05) is 84.9 Å². The highest BCUT2D eigenvalue weighted by Crippen LogP contribution is 2.52. The van der Waals surface area contributed by atoms with E-state index >= 15 is 0 Å². The summed E-state index contributed by atoms with van der Waals surface area (Å²) in [4.78, 5) is 0. The van der Waals surface area contributed by atoms with Gasteiger partial charge in [0.1, 0.15) is 0 Å². The van der Waals surface area contributed by atoms with Crippen molar-refractivity contribution in [2.45, 2.75) is 12.8 Å². The number of hydrogen-bond acceptors (Lipinski definition) is 0.